The van der Waals surface area contributed by atoms with Crippen LogP contribution in [0.1, 0.15) is 51.2 Å². The maximum Gasteiger partial charge on any atom is 0.410 e. The van der Waals surface area contributed by atoms with Crippen LogP contribution in [0.15, 0.2) is 12.1 Å². The van der Waals surface area contributed by atoms with Gasteiger partial charge >= 0.3 is 12.1 Å². The molecule has 1 aliphatic carbocycles. The Labute approximate surface area is 166 Å². The predicted octanol–water partition coefficient (Wildman–Crippen LogP) is 3.74. The second-order valence-electron chi connectivity index (χ2n) is 8.84. The molecule has 0 unspecified atom stereocenters. The van der Waals surface area contributed by atoms with Gasteiger partial charge in [-0.25, -0.2) is 9.59 Å². The Balaban J connectivity index is 1.57. The Bertz CT molecular complexity index is 798. The Kier molecular flexibility index (Phi) is 4.63. The van der Waals surface area contributed by atoms with E-state index in [0.29, 0.717) is 31.4 Å². The van der Waals surface area contributed by atoms with E-state index in [-0.39, 0.29) is 12.1 Å². The molecule has 0 bridgehead atoms. The minimum atomic E-state index is -0.527. The summed E-state index contributed by atoms with van der Waals surface area (Å²) < 4.78 is 11.1. The second-order valence-corrected chi connectivity index (χ2v) is 8.84. The van der Waals surface area contributed by atoms with Crippen molar-refractivity contribution in [3.8, 4) is 5.75 Å². The fourth-order valence-electron chi connectivity index (χ4n) is 3.94. The number of hydrogen-bond donors (Lipinski definition) is 0. The number of nitrogens with zero attached hydrogens (tertiary/aromatic N) is 3. The number of fused-ring (bicyclic) bond motifs is 1. The van der Waals surface area contributed by atoms with Crippen LogP contribution in [0.2, 0.25) is 0 Å². The van der Waals surface area contributed by atoms with Crippen molar-refractivity contribution in [3.63, 3.8) is 0 Å². The predicted molar refractivity (Wildman–Crippen MR) is 106 cm³/mol. The third kappa shape index (κ3) is 3.62. The van der Waals surface area contributed by atoms with E-state index in [1.54, 1.807) is 12.0 Å². The average Bonchev–Trinajstić information content (AvgIpc) is 3.38. The van der Waals surface area contributed by atoms with E-state index < -0.39 is 5.60 Å². The van der Waals surface area contributed by atoms with Crippen molar-refractivity contribution in [3.05, 3.63) is 23.3 Å². The summed E-state index contributed by atoms with van der Waals surface area (Å²) in [5.41, 5.74) is 2.34. The first-order valence-corrected chi connectivity index (χ1v) is 10.0. The summed E-state index contributed by atoms with van der Waals surface area (Å²) in [5.74, 6) is 0.677. The fourth-order valence-corrected chi connectivity index (χ4v) is 3.94. The van der Waals surface area contributed by atoms with Gasteiger partial charge in [0.05, 0.1) is 12.8 Å². The van der Waals surface area contributed by atoms with Gasteiger partial charge in [0.1, 0.15) is 11.4 Å². The Morgan fingerprint density at radius 2 is 1.79 bits per heavy atom. The highest BCUT2D eigenvalue weighted by atomic mass is 16.6. The number of urea groups is 1. The van der Waals surface area contributed by atoms with Crippen LogP contribution in [0.5, 0.6) is 5.75 Å². The number of ether oxygens (including phenoxy) is 2. The zero-order valence-electron chi connectivity index (χ0n) is 17.2. The van der Waals surface area contributed by atoms with Crippen molar-refractivity contribution in [2.24, 2.45) is 0 Å². The fraction of sp³-hybridized carbons (Fsp3) is 0.619. The quantitative estimate of drug-likeness (QED) is 0.793. The van der Waals surface area contributed by atoms with Gasteiger partial charge in [0.15, 0.2) is 0 Å². The molecule has 0 spiro atoms. The molecule has 2 aliphatic heterocycles. The van der Waals surface area contributed by atoms with E-state index in [2.05, 4.69) is 0 Å². The molecule has 2 heterocycles. The number of benzene rings is 1. The van der Waals surface area contributed by atoms with Crippen molar-refractivity contribution in [2.75, 3.05) is 25.1 Å². The molecule has 0 radical (unpaired) electrons. The van der Waals surface area contributed by atoms with Crippen molar-refractivity contribution in [1.82, 2.24) is 9.80 Å². The number of hydrogen-bond acceptors (Lipinski definition) is 4. The van der Waals surface area contributed by atoms with E-state index in [0.717, 1.165) is 42.6 Å². The van der Waals surface area contributed by atoms with Gasteiger partial charge in [-0.05, 0) is 63.3 Å². The molecule has 152 valence electrons. The molecule has 7 nitrogen and oxygen atoms in total. The van der Waals surface area contributed by atoms with E-state index in [4.69, 9.17) is 9.47 Å². The highest BCUT2D eigenvalue weighted by Crippen LogP contribution is 2.39. The SMILES string of the molecule is COc1cc2c(cc1N1CCCN(C3CC3)C1=O)CN(C(=O)OC(C)(C)C)C2. The summed E-state index contributed by atoms with van der Waals surface area (Å²) in [6.07, 6.45) is 2.84. The van der Waals surface area contributed by atoms with Gasteiger partial charge in [-0.1, -0.05) is 0 Å². The molecule has 1 aromatic carbocycles. The average molecular weight is 387 g/mol. The van der Waals surface area contributed by atoms with Crippen molar-refractivity contribution >= 4 is 17.8 Å². The summed E-state index contributed by atoms with van der Waals surface area (Å²) in [5, 5.41) is 0. The van der Waals surface area contributed by atoms with Crippen LogP contribution < -0.4 is 9.64 Å². The second kappa shape index (κ2) is 6.87. The lowest BCUT2D eigenvalue weighted by Gasteiger charge is -2.36. The molecular formula is C21H29N3O4. The van der Waals surface area contributed by atoms with Gasteiger partial charge in [0.25, 0.3) is 0 Å². The Morgan fingerprint density at radius 3 is 2.39 bits per heavy atom. The summed E-state index contributed by atoms with van der Waals surface area (Å²) in [7, 11) is 1.62. The molecule has 1 aromatic rings. The zero-order chi connectivity index (χ0) is 20.1. The topological polar surface area (TPSA) is 62.3 Å². The first kappa shape index (κ1) is 18.9. The van der Waals surface area contributed by atoms with E-state index in [9.17, 15) is 9.59 Å². The maximum atomic E-state index is 13.0. The Morgan fingerprint density at radius 1 is 1.11 bits per heavy atom. The van der Waals surface area contributed by atoms with Crippen LogP contribution in [0.4, 0.5) is 15.3 Å². The number of methoxy groups -OCH3 is 1. The lowest BCUT2D eigenvalue weighted by Crippen LogP contribution is -2.50. The minimum Gasteiger partial charge on any atom is -0.495 e. The first-order chi connectivity index (χ1) is 13.3. The third-order valence-electron chi connectivity index (χ3n) is 5.41. The lowest BCUT2D eigenvalue weighted by molar-refractivity contribution is 0.0241. The minimum absolute atomic E-state index is 0.0639. The lowest BCUT2D eigenvalue weighted by atomic mass is 10.1. The van der Waals surface area contributed by atoms with Crippen LogP contribution in [-0.4, -0.2) is 53.8 Å². The Hall–Kier alpha value is -2.44. The van der Waals surface area contributed by atoms with Crippen LogP contribution >= 0.6 is 0 Å². The van der Waals surface area contributed by atoms with E-state index >= 15 is 0 Å². The summed E-state index contributed by atoms with van der Waals surface area (Å²) in [4.78, 5) is 31.0. The number of anilines is 1. The molecule has 4 rings (SSSR count). The first-order valence-electron chi connectivity index (χ1n) is 10.0. The highest BCUT2D eigenvalue weighted by molar-refractivity contribution is 5.95. The molecule has 3 amide bonds. The van der Waals surface area contributed by atoms with E-state index in [1.165, 1.54) is 0 Å². The molecule has 0 N–H and O–H groups in total. The number of amides is 3. The molecule has 1 saturated heterocycles. The molecule has 7 heteroatoms. The van der Waals surface area contributed by atoms with Gasteiger partial charge in [-0.2, -0.15) is 0 Å². The molecule has 1 saturated carbocycles. The molecular weight excluding hydrogens is 358 g/mol. The molecule has 3 aliphatic rings. The molecule has 0 aromatic heterocycles. The zero-order valence-corrected chi connectivity index (χ0v) is 17.2. The van der Waals surface area contributed by atoms with E-state index in [1.807, 2.05) is 42.7 Å². The van der Waals surface area contributed by atoms with Gasteiger partial charge in [-0.15, -0.1) is 0 Å². The van der Waals surface area contributed by atoms with Crippen LogP contribution in [0.25, 0.3) is 0 Å². The maximum absolute atomic E-state index is 13.0. The van der Waals surface area contributed by atoms with Gasteiger partial charge in [0, 0.05) is 32.2 Å². The monoisotopic (exact) mass is 387 g/mol. The number of rotatable bonds is 3. The standard InChI is InChI=1S/C21H29N3O4/c1-21(2,3)28-20(26)22-12-14-10-17(18(27-4)11-15(14)13-22)24-9-5-8-23(19(24)25)16-6-7-16/h10-11,16H,5-9,12-13H2,1-4H3. The van der Waals surface area contributed by atoms with Crippen molar-refractivity contribution in [2.45, 2.75) is 64.8 Å². The smallest absolute Gasteiger partial charge is 0.410 e. The normalized spacial score (nSPS) is 19.7. The molecule has 2 fully saturated rings. The number of carbonyl (C=O) groups is 2. The van der Waals surface area contributed by atoms with Gasteiger partial charge in [-0.3, -0.25) is 9.80 Å². The van der Waals surface area contributed by atoms with Crippen LogP contribution in [0.3, 0.4) is 0 Å². The van der Waals surface area contributed by atoms with Gasteiger partial charge < -0.3 is 14.4 Å². The third-order valence-corrected chi connectivity index (χ3v) is 5.41. The van der Waals surface area contributed by atoms with Crippen molar-refractivity contribution < 1.29 is 19.1 Å². The van der Waals surface area contributed by atoms with Crippen LogP contribution in [-0.2, 0) is 17.8 Å². The van der Waals surface area contributed by atoms with Crippen molar-refractivity contribution in [1.29, 1.82) is 0 Å². The number of carbonyl (C=O) groups excluding carboxylic acids is 2. The highest BCUT2D eigenvalue weighted by Gasteiger charge is 2.38. The molecule has 28 heavy (non-hydrogen) atoms. The van der Waals surface area contributed by atoms with Gasteiger partial charge in [0.2, 0.25) is 0 Å². The summed E-state index contributed by atoms with van der Waals surface area (Å²) in [6.45, 7) is 8.08. The summed E-state index contributed by atoms with van der Waals surface area (Å²) >= 11 is 0. The largest absolute Gasteiger partial charge is 0.495 e. The molecule has 0 atom stereocenters. The van der Waals surface area contributed by atoms with Crippen LogP contribution in [0, 0.1) is 0 Å². The summed E-state index contributed by atoms with van der Waals surface area (Å²) in [6, 6.07) is 4.43.